The molecule has 3 heterocycles. The van der Waals surface area contributed by atoms with Gasteiger partial charge in [-0.3, -0.25) is 4.98 Å². The number of aromatic amines is 1. The van der Waals surface area contributed by atoms with E-state index in [0.717, 1.165) is 52.7 Å². The first-order valence-corrected chi connectivity index (χ1v) is 8.66. The van der Waals surface area contributed by atoms with Crippen LogP contribution < -0.4 is 21.1 Å². The maximum atomic E-state index is 5.97. The molecule has 7 heteroatoms. The average Bonchev–Trinajstić information content (AvgIpc) is 3.04. The van der Waals surface area contributed by atoms with E-state index in [9.17, 15) is 0 Å². The molecule has 1 aliphatic heterocycles. The third-order valence-electron chi connectivity index (χ3n) is 4.50. The summed E-state index contributed by atoms with van der Waals surface area (Å²) in [6.45, 7) is 4.85. The fourth-order valence-electron chi connectivity index (χ4n) is 3.32. The van der Waals surface area contributed by atoms with Gasteiger partial charge in [0.15, 0.2) is 5.95 Å². The maximum Gasteiger partial charge on any atom is 0.198 e. The largest absolute Gasteiger partial charge is 0.490 e. The van der Waals surface area contributed by atoms with Gasteiger partial charge in [0, 0.05) is 36.1 Å². The molecule has 134 valence electrons. The van der Waals surface area contributed by atoms with Gasteiger partial charge in [-0.05, 0) is 37.3 Å². The summed E-state index contributed by atoms with van der Waals surface area (Å²) >= 11 is 0. The Balaban J connectivity index is 1.81. The van der Waals surface area contributed by atoms with Crippen molar-refractivity contribution in [2.75, 3.05) is 36.9 Å². The van der Waals surface area contributed by atoms with Crippen LogP contribution in [0.2, 0.25) is 0 Å². The summed E-state index contributed by atoms with van der Waals surface area (Å²) in [7, 11) is 0. The molecule has 1 aliphatic rings. The van der Waals surface area contributed by atoms with Crippen LogP contribution in [0.25, 0.3) is 22.5 Å². The van der Waals surface area contributed by atoms with Gasteiger partial charge < -0.3 is 26.1 Å². The molecule has 1 aromatic carbocycles. The number of hydrogen-bond acceptors (Lipinski definition) is 6. The monoisotopic (exact) mass is 350 g/mol. The SMILES string of the molecule is Cc1cc(-c2[nH]c(N)nc2-c2ccc3c(c2)N(CCN)CCO3)ccn1. The molecule has 3 aromatic rings. The Morgan fingerprint density at radius 1 is 1.23 bits per heavy atom. The van der Waals surface area contributed by atoms with E-state index in [1.807, 2.05) is 31.2 Å². The predicted molar refractivity (Wildman–Crippen MR) is 103 cm³/mol. The number of anilines is 2. The standard InChI is InChI=1S/C19H22N6O/c1-12-10-14(4-6-22-12)18-17(23-19(21)24-18)13-2-3-16-15(11-13)25(7-5-20)8-9-26-16/h2-4,6,10-11H,5,7-9,20H2,1H3,(H3,21,23,24). The van der Waals surface area contributed by atoms with Crippen molar-refractivity contribution in [3.05, 3.63) is 42.2 Å². The molecule has 7 nitrogen and oxygen atoms in total. The number of aryl methyl sites for hydroxylation is 1. The van der Waals surface area contributed by atoms with Crippen LogP contribution in [0.3, 0.4) is 0 Å². The van der Waals surface area contributed by atoms with E-state index in [-0.39, 0.29) is 0 Å². The molecule has 0 aliphatic carbocycles. The summed E-state index contributed by atoms with van der Waals surface area (Å²) in [6, 6.07) is 10.1. The lowest BCUT2D eigenvalue weighted by Gasteiger charge is -2.31. The summed E-state index contributed by atoms with van der Waals surface area (Å²) in [6.07, 6.45) is 1.79. The molecule has 0 fully saturated rings. The van der Waals surface area contributed by atoms with Crippen molar-refractivity contribution >= 4 is 11.6 Å². The van der Waals surface area contributed by atoms with Gasteiger partial charge in [0.25, 0.3) is 0 Å². The maximum absolute atomic E-state index is 5.97. The van der Waals surface area contributed by atoms with Crippen LogP contribution in [0.4, 0.5) is 11.6 Å². The van der Waals surface area contributed by atoms with Crippen LogP contribution in [0.5, 0.6) is 5.75 Å². The number of nitrogens with one attached hydrogen (secondary N) is 1. The lowest BCUT2D eigenvalue weighted by Crippen LogP contribution is -2.36. The number of ether oxygens (including phenoxy) is 1. The topological polar surface area (TPSA) is 106 Å². The average molecular weight is 350 g/mol. The molecule has 0 unspecified atom stereocenters. The molecule has 26 heavy (non-hydrogen) atoms. The van der Waals surface area contributed by atoms with E-state index >= 15 is 0 Å². The summed E-state index contributed by atoms with van der Waals surface area (Å²) in [4.78, 5) is 14.2. The summed E-state index contributed by atoms with van der Waals surface area (Å²) in [5.74, 6) is 1.26. The number of imidazole rings is 1. The highest BCUT2D eigenvalue weighted by atomic mass is 16.5. The summed E-state index contributed by atoms with van der Waals surface area (Å²) in [5.41, 5.74) is 17.4. The minimum atomic E-state index is 0.386. The van der Waals surface area contributed by atoms with Gasteiger partial charge in [-0.25, -0.2) is 4.98 Å². The molecule has 0 atom stereocenters. The highest BCUT2D eigenvalue weighted by Crippen LogP contribution is 2.38. The zero-order chi connectivity index (χ0) is 18.1. The van der Waals surface area contributed by atoms with E-state index in [1.165, 1.54) is 0 Å². The van der Waals surface area contributed by atoms with Crippen LogP contribution >= 0.6 is 0 Å². The lowest BCUT2D eigenvalue weighted by molar-refractivity contribution is 0.308. The number of nitrogens with two attached hydrogens (primary N) is 2. The number of fused-ring (bicyclic) bond motifs is 1. The Labute approximate surface area is 152 Å². The second kappa shape index (κ2) is 6.68. The summed E-state index contributed by atoms with van der Waals surface area (Å²) < 4.78 is 5.78. The third-order valence-corrected chi connectivity index (χ3v) is 4.50. The second-order valence-electron chi connectivity index (χ2n) is 6.34. The van der Waals surface area contributed by atoms with Crippen LogP contribution in [0.15, 0.2) is 36.5 Å². The highest BCUT2D eigenvalue weighted by molar-refractivity contribution is 5.82. The number of nitrogens with zero attached hydrogens (tertiary/aromatic N) is 3. The fraction of sp³-hybridized carbons (Fsp3) is 0.263. The smallest absolute Gasteiger partial charge is 0.198 e. The first-order valence-electron chi connectivity index (χ1n) is 8.66. The predicted octanol–water partition coefficient (Wildman–Crippen LogP) is 2.19. The number of rotatable bonds is 4. The minimum absolute atomic E-state index is 0.386. The van der Waals surface area contributed by atoms with Crippen LogP contribution in [0.1, 0.15) is 5.69 Å². The van der Waals surface area contributed by atoms with E-state index in [1.54, 1.807) is 6.20 Å². The molecule has 0 radical (unpaired) electrons. The zero-order valence-corrected chi connectivity index (χ0v) is 14.7. The molecule has 5 N–H and O–H groups in total. The van der Waals surface area contributed by atoms with Gasteiger partial charge in [-0.15, -0.1) is 0 Å². The third kappa shape index (κ3) is 2.97. The second-order valence-corrected chi connectivity index (χ2v) is 6.34. The van der Waals surface area contributed by atoms with Crippen molar-refractivity contribution in [3.8, 4) is 28.3 Å². The van der Waals surface area contributed by atoms with Gasteiger partial charge in [0.2, 0.25) is 0 Å². The quantitative estimate of drug-likeness (QED) is 0.666. The van der Waals surface area contributed by atoms with Crippen molar-refractivity contribution in [1.82, 2.24) is 15.0 Å². The van der Waals surface area contributed by atoms with Gasteiger partial charge in [0.05, 0.1) is 23.6 Å². The van der Waals surface area contributed by atoms with Gasteiger partial charge in [0.1, 0.15) is 12.4 Å². The van der Waals surface area contributed by atoms with Crippen molar-refractivity contribution < 1.29 is 4.74 Å². The Morgan fingerprint density at radius 3 is 2.92 bits per heavy atom. The van der Waals surface area contributed by atoms with Crippen molar-refractivity contribution in [3.63, 3.8) is 0 Å². The number of pyridine rings is 1. The summed E-state index contributed by atoms with van der Waals surface area (Å²) in [5, 5.41) is 0. The number of aromatic nitrogens is 3. The van der Waals surface area contributed by atoms with Gasteiger partial charge in [-0.1, -0.05) is 0 Å². The number of nitrogen functional groups attached to an aromatic ring is 1. The Hall–Kier alpha value is -3.06. The van der Waals surface area contributed by atoms with Crippen molar-refractivity contribution in [2.45, 2.75) is 6.92 Å². The molecular formula is C19H22N6O. The number of benzene rings is 1. The lowest BCUT2D eigenvalue weighted by atomic mass is 10.0. The fourth-order valence-corrected chi connectivity index (χ4v) is 3.32. The molecule has 4 rings (SSSR count). The molecular weight excluding hydrogens is 328 g/mol. The van der Waals surface area contributed by atoms with Crippen LogP contribution in [-0.2, 0) is 0 Å². The zero-order valence-electron chi connectivity index (χ0n) is 14.7. The molecule has 0 spiro atoms. The van der Waals surface area contributed by atoms with E-state index in [0.29, 0.717) is 19.1 Å². The Morgan fingerprint density at radius 2 is 2.12 bits per heavy atom. The first-order chi connectivity index (χ1) is 12.7. The van der Waals surface area contributed by atoms with E-state index < -0.39 is 0 Å². The Kier molecular flexibility index (Phi) is 4.22. The minimum Gasteiger partial charge on any atom is -0.490 e. The normalized spacial score (nSPS) is 13.4. The molecule has 2 aromatic heterocycles. The Bertz CT molecular complexity index is 936. The van der Waals surface area contributed by atoms with E-state index in [4.69, 9.17) is 16.2 Å². The number of hydrogen-bond donors (Lipinski definition) is 3. The van der Waals surface area contributed by atoms with Gasteiger partial charge >= 0.3 is 0 Å². The van der Waals surface area contributed by atoms with E-state index in [2.05, 4.69) is 25.9 Å². The number of H-pyrrole nitrogens is 1. The highest BCUT2D eigenvalue weighted by Gasteiger charge is 2.20. The molecule has 0 bridgehead atoms. The molecule has 0 amide bonds. The van der Waals surface area contributed by atoms with Gasteiger partial charge in [-0.2, -0.15) is 0 Å². The van der Waals surface area contributed by atoms with Crippen LogP contribution in [-0.4, -0.2) is 41.2 Å². The van der Waals surface area contributed by atoms with Crippen molar-refractivity contribution in [2.24, 2.45) is 5.73 Å². The first kappa shape index (κ1) is 16.4. The molecule has 0 saturated carbocycles. The van der Waals surface area contributed by atoms with Crippen LogP contribution in [0, 0.1) is 6.92 Å². The molecule has 0 saturated heterocycles. The van der Waals surface area contributed by atoms with Crippen molar-refractivity contribution in [1.29, 1.82) is 0 Å².